The molecule has 2 aromatic rings. The van der Waals surface area contributed by atoms with Gasteiger partial charge >= 0.3 is 0 Å². The second-order valence-corrected chi connectivity index (χ2v) is 6.18. The predicted octanol–water partition coefficient (Wildman–Crippen LogP) is 3.35. The molecule has 0 aliphatic carbocycles. The van der Waals surface area contributed by atoms with Gasteiger partial charge in [-0.15, -0.1) is 11.3 Å². The van der Waals surface area contributed by atoms with Crippen LogP contribution in [0.4, 0.5) is 0 Å². The number of aromatic nitrogens is 2. The first-order valence-corrected chi connectivity index (χ1v) is 7.71. The normalized spacial score (nSPS) is 13.6. The third kappa shape index (κ3) is 3.56. The Balaban J connectivity index is 2.00. The van der Waals surface area contributed by atoms with Gasteiger partial charge in [0.05, 0.1) is 5.69 Å². The SMILES string of the molecule is CCCNC(Cc1cn2ccsc2n1)CC(C)C. The first kappa shape index (κ1) is 13.6. The molecule has 0 radical (unpaired) electrons. The van der Waals surface area contributed by atoms with Gasteiger partial charge in [0, 0.05) is 30.2 Å². The van der Waals surface area contributed by atoms with E-state index >= 15 is 0 Å². The van der Waals surface area contributed by atoms with E-state index in [0.717, 1.165) is 23.8 Å². The lowest BCUT2D eigenvalue weighted by atomic mass is 10.00. The molecule has 0 spiro atoms. The maximum Gasteiger partial charge on any atom is 0.193 e. The van der Waals surface area contributed by atoms with Crippen molar-refractivity contribution in [3.8, 4) is 0 Å². The van der Waals surface area contributed by atoms with Gasteiger partial charge in [0.15, 0.2) is 4.96 Å². The van der Waals surface area contributed by atoms with E-state index < -0.39 is 0 Å². The number of thiazole rings is 1. The highest BCUT2D eigenvalue weighted by molar-refractivity contribution is 7.15. The largest absolute Gasteiger partial charge is 0.314 e. The monoisotopic (exact) mass is 265 g/mol. The molecule has 1 atom stereocenters. The summed E-state index contributed by atoms with van der Waals surface area (Å²) in [4.78, 5) is 5.77. The van der Waals surface area contributed by atoms with E-state index in [1.165, 1.54) is 18.5 Å². The molecule has 0 bridgehead atoms. The Morgan fingerprint density at radius 3 is 2.94 bits per heavy atom. The molecular weight excluding hydrogens is 242 g/mol. The minimum absolute atomic E-state index is 0.551. The van der Waals surface area contributed by atoms with Gasteiger partial charge < -0.3 is 5.32 Å². The average molecular weight is 265 g/mol. The van der Waals surface area contributed by atoms with Crippen LogP contribution in [0.25, 0.3) is 4.96 Å². The molecule has 0 aliphatic rings. The summed E-state index contributed by atoms with van der Waals surface area (Å²) in [5.41, 5.74) is 1.20. The molecule has 0 amide bonds. The second-order valence-electron chi connectivity index (χ2n) is 5.31. The molecule has 1 unspecified atom stereocenters. The van der Waals surface area contributed by atoms with Crippen molar-refractivity contribution in [2.75, 3.05) is 6.54 Å². The lowest BCUT2D eigenvalue weighted by molar-refractivity contribution is 0.414. The van der Waals surface area contributed by atoms with Crippen LogP contribution in [0.5, 0.6) is 0 Å². The van der Waals surface area contributed by atoms with Crippen LogP contribution in [0.2, 0.25) is 0 Å². The second kappa shape index (κ2) is 6.34. The van der Waals surface area contributed by atoms with E-state index in [4.69, 9.17) is 0 Å². The highest BCUT2D eigenvalue weighted by atomic mass is 32.1. The van der Waals surface area contributed by atoms with Crippen LogP contribution in [0.3, 0.4) is 0 Å². The molecule has 2 aromatic heterocycles. The van der Waals surface area contributed by atoms with Gasteiger partial charge in [-0.3, -0.25) is 4.40 Å². The number of fused-ring (bicyclic) bond motifs is 1. The zero-order chi connectivity index (χ0) is 13.0. The van der Waals surface area contributed by atoms with E-state index in [0.29, 0.717) is 6.04 Å². The van der Waals surface area contributed by atoms with Gasteiger partial charge in [0.25, 0.3) is 0 Å². The molecule has 1 N–H and O–H groups in total. The van der Waals surface area contributed by atoms with Crippen LogP contribution >= 0.6 is 11.3 Å². The van der Waals surface area contributed by atoms with Crippen molar-refractivity contribution < 1.29 is 0 Å². The van der Waals surface area contributed by atoms with E-state index in [9.17, 15) is 0 Å². The van der Waals surface area contributed by atoms with Gasteiger partial charge in [-0.1, -0.05) is 20.8 Å². The summed E-state index contributed by atoms with van der Waals surface area (Å²) in [5, 5.41) is 5.72. The molecule has 0 aromatic carbocycles. The van der Waals surface area contributed by atoms with Gasteiger partial charge in [-0.25, -0.2) is 4.98 Å². The van der Waals surface area contributed by atoms with Crippen LogP contribution < -0.4 is 5.32 Å². The van der Waals surface area contributed by atoms with Gasteiger partial charge in [-0.2, -0.15) is 0 Å². The van der Waals surface area contributed by atoms with Crippen molar-refractivity contribution in [3.05, 3.63) is 23.5 Å². The summed E-state index contributed by atoms with van der Waals surface area (Å²) in [6, 6.07) is 0.551. The zero-order valence-corrected chi connectivity index (χ0v) is 12.3. The molecule has 2 rings (SSSR count). The molecule has 2 heterocycles. The topological polar surface area (TPSA) is 29.3 Å². The van der Waals surface area contributed by atoms with E-state index in [1.54, 1.807) is 11.3 Å². The molecule has 4 heteroatoms. The molecule has 0 saturated heterocycles. The Labute approximate surface area is 113 Å². The molecule has 0 saturated carbocycles. The Morgan fingerprint density at radius 1 is 1.44 bits per heavy atom. The van der Waals surface area contributed by atoms with Crippen molar-refractivity contribution in [1.29, 1.82) is 0 Å². The maximum atomic E-state index is 4.67. The zero-order valence-electron chi connectivity index (χ0n) is 11.5. The highest BCUT2D eigenvalue weighted by Gasteiger charge is 2.13. The molecule has 100 valence electrons. The van der Waals surface area contributed by atoms with Crippen LogP contribution in [0, 0.1) is 5.92 Å². The number of imidazole rings is 1. The summed E-state index contributed by atoms with van der Waals surface area (Å²) in [7, 11) is 0. The van der Waals surface area contributed by atoms with Gasteiger partial charge in [0.1, 0.15) is 0 Å². The fraction of sp³-hybridized carbons (Fsp3) is 0.643. The Kier molecular flexibility index (Phi) is 4.78. The lowest BCUT2D eigenvalue weighted by Gasteiger charge is -2.19. The smallest absolute Gasteiger partial charge is 0.193 e. The van der Waals surface area contributed by atoms with E-state index in [-0.39, 0.29) is 0 Å². The summed E-state index contributed by atoms with van der Waals surface area (Å²) in [6.07, 6.45) is 7.67. The number of hydrogen-bond acceptors (Lipinski definition) is 3. The Morgan fingerprint density at radius 2 is 2.28 bits per heavy atom. The van der Waals surface area contributed by atoms with Crippen LogP contribution in [-0.2, 0) is 6.42 Å². The quantitative estimate of drug-likeness (QED) is 0.832. The summed E-state index contributed by atoms with van der Waals surface area (Å²) < 4.78 is 2.12. The van der Waals surface area contributed by atoms with Crippen LogP contribution in [0.15, 0.2) is 17.8 Å². The third-order valence-electron chi connectivity index (χ3n) is 3.04. The molecule has 0 aliphatic heterocycles. The summed E-state index contributed by atoms with van der Waals surface area (Å²) in [6.45, 7) is 7.88. The number of rotatable bonds is 7. The van der Waals surface area contributed by atoms with Crippen molar-refractivity contribution in [2.45, 2.75) is 46.1 Å². The predicted molar refractivity (Wildman–Crippen MR) is 78.3 cm³/mol. The lowest BCUT2D eigenvalue weighted by Crippen LogP contribution is -2.33. The summed E-state index contributed by atoms with van der Waals surface area (Å²) in [5.74, 6) is 0.725. The fourth-order valence-electron chi connectivity index (χ4n) is 2.28. The van der Waals surface area contributed by atoms with Crippen LogP contribution in [-0.4, -0.2) is 22.0 Å². The molecule has 0 fully saturated rings. The number of nitrogens with one attached hydrogen (secondary N) is 1. The van der Waals surface area contributed by atoms with E-state index in [1.807, 2.05) is 0 Å². The van der Waals surface area contributed by atoms with E-state index in [2.05, 4.69) is 53.2 Å². The number of hydrogen-bond donors (Lipinski definition) is 1. The highest BCUT2D eigenvalue weighted by Crippen LogP contribution is 2.15. The minimum Gasteiger partial charge on any atom is -0.314 e. The first-order valence-electron chi connectivity index (χ1n) is 6.83. The Hall–Kier alpha value is -0.870. The summed E-state index contributed by atoms with van der Waals surface area (Å²) >= 11 is 1.70. The number of nitrogens with zero attached hydrogens (tertiary/aromatic N) is 2. The van der Waals surface area contributed by atoms with Crippen molar-refractivity contribution >= 4 is 16.3 Å². The maximum absolute atomic E-state index is 4.67. The Bertz CT molecular complexity index is 444. The minimum atomic E-state index is 0.551. The standard InChI is InChI=1S/C14H23N3S/c1-4-5-15-12(8-11(2)3)9-13-10-17-6-7-18-14(17)16-13/h6-7,10-12,15H,4-5,8-9H2,1-3H3. The molecule has 3 nitrogen and oxygen atoms in total. The van der Waals surface area contributed by atoms with Crippen molar-refractivity contribution in [1.82, 2.24) is 14.7 Å². The van der Waals surface area contributed by atoms with Crippen molar-refractivity contribution in [2.24, 2.45) is 5.92 Å². The molecule has 18 heavy (non-hydrogen) atoms. The van der Waals surface area contributed by atoms with Gasteiger partial charge in [0.2, 0.25) is 0 Å². The van der Waals surface area contributed by atoms with Gasteiger partial charge in [-0.05, 0) is 25.3 Å². The van der Waals surface area contributed by atoms with Crippen molar-refractivity contribution in [3.63, 3.8) is 0 Å². The average Bonchev–Trinajstić information content (AvgIpc) is 2.85. The first-order chi connectivity index (χ1) is 8.69. The fourth-order valence-corrected chi connectivity index (χ4v) is 3.00. The third-order valence-corrected chi connectivity index (χ3v) is 3.81. The van der Waals surface area contributed by atoms with Crippen LogP contribution in [0.1, 0.15) is 39.3 Å². The molecular formula is C14H23N3S.